The van der Waals surface area contributed by atoms with Crippen molar-refractivity contribution >= 4 is 27.7 Å². The molecule has 2 aliphatic heterocycles. The van der Waals surface area contributed by atoms with Crippen LogP contribution in [0.15, 0.2) is 48.8 Å². The summed E-state index contributed by atoms with van der Waals surface area (Å²) in [7, 11) is 0. The number of nitrogens with one attached hydrogen (secondary N) is 2. The number of aromatic amines is 1. The van der Waals surface area contributed by atoms with Gasteiger partial charge in [0, 0.05) is 47.2 Å². The van der Waals surface area contributed by atoms with Crippen molar-refractivity contribution in [3.63, 3.8) is 0 Å². The fraction of sp³-hybridized carbons (Fsp3) is 0.261. The van der Waals surface area contributed by atoms with E-state index in [-0.39, 0.29) is 17.6 Å². The third-order valence-corrected chi connectivity index (χ3v) is 6.52. The average Bonchev–Trinajstić information content (AvgIpc) is 3.36. The number of hydrogen-bond acceptors (Lipinski definition) is 3. The molecular formula is C23H21N3O3. The van der Waals surface area contributed by atoms with Crippen molar-refractivity contribution in [3.8, 4) is 5.75 Å². The lowest BCUT2D eigenvalue weighted by Crippen LogP contribution is -2.27. The Bertz CT molecular complexity index is 1290. The highest BCUT2D eigenvalue weighted by atomic mass is 16.3. The molecule has 0 aliphatic carbocycles. The van der Waals surface area contributed by atoms with Crippen LogP contribution in [-0.2, 0) is 17.8 Å². The van der Waals surface area contributed by atoms with Crippen LogP contribution in [0.3, 0.4) is 0 Å². The number of benzene rings is 2. The molecule has 1 amide bonds. The monoisotopic (exact) mass is 387 g/mol. The molecule has 1 saturated heterocycles. The summed E-state index contributed by atoms with van der Waals surface area (Å²) in [5.74, 6) is -0.894. The van der Waals surface area contributed by atoms with Crippen molar-refractivity contribution in [2.75, 3.05) is 0 Å². The summed E-state index contributed by atoms with van der Waals surface area (Å²) in [4.78, 5) is 16.1. The summed E-state index contributed by atoms with van der Waals surface area (Å²) in [6.45, 7) is 0.953. The Kier molecular flexibility index (Phi) is 3.38. The highest BCUT2D eigenvalue weighted by Crippen LogP contribution is 2.45. The number of aliphatic hydroxyl groups is 1. The van der Waals surface area contributed by atoms with Gasteiger partial charge in [0.25, 0.3) is 0 Å². The van der Waals surface area contributed by atoms with Crippen molar-refractivity contribution in [2.45, 2.75) is 37.5 Å². The molecule has 29 heavy (non-hydrogen) atoms. The molecule has 0 radical (unpaired) electrons. The minimum absolute atomic E-state index is 0.173. The van der Waals surface area contributed by atoms with E-state index in [9.17, 15) is 15.0 Å². The van der Waals surface area contributed by atoms with Gasteiger partial charge in [0.2, 0.25) is 5.91 Å². The Morgan fingerprint density at radius 2 is 2.00 bits per heavy atom. The first-order chi connectivity index (χ1) is 14.1. The SMILES string of the molecule is O=C1NC(O)C(c2cn3c4c(cccc24)CCC3)C1c1c[nH]c2cc(O)ccc12. The van der Waals surface area contributed by atoms with E-state index < -0.39 is 12.1 Å². The molecule has 2 aromatic heterocycles. The lowest BCUT2D eigenvalue weighted by Gasteiger charge is -2.19. The third kappa shape index (κ3) is 2.29. The van der Waals surface area contributed by atoms with E-state index in [0.29, 0.717) is 0 Å². The number of carbonyl (C=O) groups is 1. The Hall–Kier alpha value is -3.25. The number of rotatable bonds is 2. The van der Waals surface area contributed by atoms with Crippen LogP contribution in [0.4, 0.5) is 0 Å². The number of amides is 1. The Labute approximate surface area is 166 Å². The van der Waals surface area contributed by atoms with Crippen molar-refractivity contribution in [1.82, 2.24) is 14.9 Å². The summed E-state index contributed by atoms with van der Waals surface area (Å²) in [5, 5.41) is 25.3. The standard InChI is InChI=1S/C23H21N3O3/c27-13-6-7-14-16(10-24-18(14)9-13)19-20(23(29)25-22(19)28)17-11-26-8-2-4-12-3-1-5-15(17)21(12)26/h1,3,5-7,9-11,19-20,23-24,27,29H,2,4,8H2,(H,25,28). The van der Waals surface area contributed by atoms with Crippen LogP contribution in [0, 0.1) is 0 Å². The number of phenols is 1. The minimum Gasteiger partial charge on any atom is -0.508 e. The van der Waals surface area contributed by atoms with Crippen LogP contribution in [0.2, 0.25) is 0 Å². The van der Waals surface area contributed by atoms with Crippen molar-refractivity contribution in [1.29, 1.82) is 0 Å². The summed E-state index contributed by atoms with van der Waals surface area (Å²) >= 11 is 0. The number of fused-ring (bicyclic) bond motifs is 1. The molecule has 6 nitrogen and oxygen atoms in total. The van der Waals surface area contributed by atoms with E-state index >= 15 is 0 Å². The normalized spacial score (nSPS) is 23.8. The van der Waals surface area contributed by atoms with Gasteiger partial charge in [-0.1, -0.05) is 18.2 Å². The molecule has 1 fully saturated rings. The van der Waals surface area contributed by atoms with Gasteiger partial charge >= 0.3 is 0 Å². The number of H-pyrrole nitrogens is 1. The number of aliphatic hydroxyl groups excluding tert-OH is 1. The van der Waals surface area contributed by atoms with Crippen LogP contribution in [-0.4, -0.2) is 31.9 Å². The Balaban J connectivity index is 1.56. The van der Waals surface area contributed by atoms with Crippen molar-refractivity contribution in [2.24, 2.45) is 0 Å². The minimum atomic E-state index is -0.946. The molecule has 0 bridgehead atoms. The van der Waals surface area contributed by atoms with E-state index in [4.69, 9.17) is 0 Å². The fourth-order valence-electron chi connectivity index (χ4n) is 5.30. The second kappa shape index (κ2) is 5.87. The zero-order chi connectivity index (χ0) is 19.7. The molecule has 6 heteroatoms. The van der Waals surface area contributed by atoms with Gasteiger partial charge in [0.1, 0.15) is 12.0 Å². The number of carbonyl (C=O) groups excluding carboxylic acids is 1. The number of para-hydroxylation sites is 1. The maximum atomic E-state index is 12.9. The van der Waals surface area contributed by atoms with Crippen LogP contribution in [0.25, 0.3) is 21.8 Å². The highest BCUT2D eigenvalue weighted by molar-refractivity contribution is 5.96. The average molecular weight is 387 g/mol. The summed E-state index contributed by atoms with van der Waals surface area (Å²) in [5.41, 5.74) is 5.17. The molecule has 6 rings (SSSR count). The van der Waals surface area contributed by atoms with Gasteiger partial charge in [-0.3, -0.25) is 4.79 Å². The van der Waals surface area contributed by atoms with Crippen LogP contribution >= 0.6 is 0 Å². The van der Waals surface area contributed by atoms with Gasteiger partial charge in [-0.05, 0) is 41.7 Å². The number of aromatic hydroxyl groups is 1. The van der Waals surface area contributed by atoms with Gasteiger partial charge in [-0.2, -0.15) is 0 Å². The Morgan fingerprint density at radius 1 is 1.10 bits per heavy atom. The van der Waals surface area contributed by atoms with E-state index in [1.165, 1.54) is 11.1 Å². The molecule has 3 unspecified atom stereocenters. The van der Waals surface area contributed by atoms with Crippen molar-refractivity contribution in [3.05, 3.63) is 65.5 Å². The predicted octanol–water partition coefficient (Wildman–Crippen LogP) is 3.09. The quantitative estimate of drug-likeness (QED) is 0.426. The molecular weight excluding hydrogens is 366 g/mol. The number of hydrogen-bond donors (Lipinski definition) is 4. The molecule has 146 valence electrons. The van der Waals surface area contributed by atoms with Gasteiger partial charge in [0.15, 0.2) is 0 Å². The third-order valence-electron chi connectivity index (χ3n) is 6.52. The zero-order valence-electron chi connectivity index (χ0n) is 15.7. The lowest BCUT2D eigenvalue weighted by atomic mass is 9.82. The lowest BCUT2D eigenvalue weighted by molar-refractivity contribution is -0.121. The molecule has 4 heterocycles. The number of nitrogens with zero attached hydrogens (tertiary/aromatic N) is 1. The number of aromatic nitrogens is 2. The van der Waals surface area contributed by atoms with Gasteiger partial charge in [0.05, 0.1) is 11.4 Å². The molecule has 0 saturated carbocycles. The van der Waals surface area contributed by atoms with E-state index in [0.717, 1.165) is 46.8 Å². The van der Waals surface area contributed by atoms with Crippen LogP contribution in [0.5, 0.6) is 5.75 Å². The highest BCUT2D eigenvalue weighted by Gasteiger charge is 2.45. The molecule has 4 aromatic rings. The second-order valence-corrected chi connectivity index (χ2v) is 8.13. The first kappa shape index (κ1) is 16.7. The molecule has 3 atom stereocenters. The van der Waals surface area contributed by atoms with E-state index in [2.05, 4.69) is 39.3 Å². The van der Waals surface area contributed by atoms with Crippen LogP contribution in [0.1, 0.15) is 34.9 Å². The van der Waals surface area contributed by atoms with Crippen LogP contribution < -0.4 is 5.32 Å². The van der Waals surface area contributed by atoms with Crippen molar-refractivity contribution < 1.29 is 15.0 Å². The first-order valence-corrected chi connectivity index (χ1v) is 10.0. The first-order valence-electron chi connectivity index (χ1n) is 10.0. The number of aryl methyl sites for hydroxylation is 2. The molecule has 4 N–H and O–H groups in total. The maximum Gasteiger partial charge on any atom is 0.230 e. The molecule has 2 aliphatic rings. The zero-order valence-corrected chi connectivity index (χ0v) is 15.7. The summed E-state index contributed by atoms with van der Waals surface area (Å²) < 4.78 is 2.27. The summed E-state index contributed by atoms with van der Waals surface area (Å²) in [6, 6.07) is 11.4. The fourth-order valence-corrected chi connectivity index (χ4v) is 5.30. The summed E-state index contributed by atoms with van der Waals surface area (Å²) in [6.07, 6.45) is 5.15. The largest absolute Gasteiger partial charge is 0.508 e. The number of phenolic OH excluding ortho intramolecular Hbond substituents is 1. The topological polar surface area (TPSA) is 90.3 Å². The molecule has 0 spiro atoms. The van der Waals surface area contributed by atoms with E-state index in [1.807, 2.05) is 12.3 Å². The Morgan fingerprint density at radius 3 is 2.90 bits per heavy atom. The van der Waals surface area contributed by atoms with Gasteiger partial charge in [-0.25, -0.2) is 0 Å². The van der Waals surface area contributed by atoms with Gasteiger partial charge in [-0.15, -0.1) is 0 Å². The molecule has 2 aromatic carbocycles. The smallest absolute Gasteiger partial charge is 0.230 e. The van der Waals surface area contributed by atoms with Gasteiger partial charge < -0.3 is 25.1 Å². The second-order valence-electron chi connectivity index (χ2n) is 8.13. The predicted molar refractivity (Wildman–Crippen MR) is 110 cm³/mol. The van der Waals surface area contributed by atoms with E-state index in [1.54, 1.807) is 12.1 Å². The maximum absolute atomic E-state index is 12.9.